The number of aliphatic carboxylic acids is 1. The lowest BCUT2D eigenvalue weighted by Gasteiger charge is -2.06. The molecular formula is C15H12ClNO7S. The molecule has 2 rings (SSSR count). The lowest BCUT2D eigenvalue weighted by atomic mass is 10.1. The van der Waals surface area contributed by atoms with E-state index < -0.39 is 24.6 Å². The predicted octanol–water partition coefficient (Wildman–Crippen LogP) is 3.41. The number of halogens is 1. The number of methoxy groups -OCH3 is 1. The second-order valence-electron chi connectivity index (χ2n) is 4.59. The molecule has 0 saturated carbocycles. The largest absolute Gasteiger partial charge is 0.479 e. The number of amides is 1. The summed E-state index contributed by atoms with van der Waals surface area (Å²) in [4.78, 5) is 33.5. The number of carbonyl (C=O) groups is 3. The smallest absolute Gasteiger partial charge is 0.411 e. The highest BCUT2D eigenvalue weighted by Gasteiger charge is 2.24. The highest BCUT2D eigenvalue weighted by atomic mass is 35.5. The van der Waals surface area contributed by atoms with Crippen LogP contribution in [0.25, 0.3) is 10.4 Å². The number of hydrogen-bond acceptors (Lipinski definition) is 6. The summed E-state index contributed by atoms with van der Waals surface area (Å²) < 4.78 is 9.52. The molecule has 1 heterocycles. The molecule has 0 spiro atoms. The van der Waals surface area contributed by atoms with Gasteiger partial charge in [0.05, 0.1) is 12.0 Å². The molecule has 25 heavy (non-hydrogen) atoms. The SMILES string of the molecule is COC(=O)Nc1cccc(-c2sc(C(=O)O)c(OCC(=O)O)c2Cl)c1. The van der Waals surface area contributed by atoms with Crippen molar-refractivity contribution in [1.29, 1.82) is 0 Å². The molecule has 0 saturated heterocycles. The summed E-state index contributed by atoms with van der Waals surface area (Å²) in [6.07, 6.45) is -0.661. The number of rotatable bonds is 6. The van der Waals surface area contributed by atoms with E-state index in [0.717, 1.165) is 11.3 Å². The van der Waals surface area contributed by atoms with Crippen molar-refractivity contribution in [2.45, 2.75) is 0 Å². The Morgan fingerprint density at radius 1 is 1.28 bits per heavy atom. The fourth-order valence-corrected chi connectivity index (χ4v) is 3.29. The Morgan fingerprint density at radius 3 is 2.60 bits per heavy atom. The van der Waals surface area contributed by atoms with E-state index in [1.165, 1.54) is 7.11 Å². The molecule has 1 amide bonds. The number of carboxylic acid groups (broad SMARTS) is 2. The number of aromatic carboxylic acids is 1. The second-order valence-corrected chi connectivity index (χ2v) is 5.99. The van der Waals surface area contributed by atoms with Crippen molar-refractivity contribution >= 4 is 46.7 Å². The quantitative estimate of drug-likeness (QED) is 0.696. The van der Waals surface area contributed by atoms with Gasteiger partial charge in [-0.2, -0.15) is 0 Å². The highest BCUT2D eigenvalue weighted by molar-refractivity contribution is 7.18. The van der Waals surface area contributed by atoms with Crippen LogP contribution in [0.2, 0.25) is 5.02 Å². The zero-order valence-electron chi connectivity index (χ0n) is 12.7. The molecule has 3 N–H and O–H groups in total. The fourth-order valence-electron chi connectivity index (χ4n) is 1.89. The maximum absolute atomic E-state index is 11.4. The Kier molecular flexibility index (Phi) is 5.84. The van der Waals surface area contributed by atoms with Gasteiger partial charge in [0.25, 0.3) is 0 Å². The van der Waals surface area contributed by atoms with Crippen molar-refractivity contribution in [3.05, 3.63) is 34.2 Å². The Balaban J connectivity index is 2.43. The minimum absolute atomic E-state index is 0.0149. The number of carboxylic acids is 2. The molecule has 2 aromatic rings. The number of carbonyl (C=O) groups excluding carboxylic acids is 1. The Bertz CT molecular complexity index is 833. The third kappa shape index (κ3) is 4.40. The summed E-state index contributed by atoms with van der Waals surface area (Å²) in [7, 11) is 1.22. The van der Waals surface area contributed by atoms with E-state index in [0.29, 0.717) is 16.1 Å². The van der Waals surface area contributed by atoms with Crippen LogP contribution in [-0.4, -0.2) is 42.0 Å². The molecule has 1 aromatic heterocycles. The van der Waals surface area contributed by atoms with E-state index in [4.69, 9.17) is 21.4 Å². The molecule has 8 nitrogen and oxygen atoms in total. The van der Waals surface area contributed by atoms with E-state index in [2.05, 4.69) is 10.1 Å². The van der Waals surface area contributed by atoms with E-state index >= 15 is 0 Å². The van der Waals surface area contributed by atoms with Crippen LogP contribution < -0.4 is 10.1 Å². The third-order valence-corrected chi connectivity index (χ3v) is 4.58. The topological polar surface area (TPSA) is 122 Å². The van der Waals surface area contributed by atoms with Gasteiger partial charge in [0.2, 0.25) is 0 Å². The van der Waals surface area contributed by atoms with Crippen LogP contribution in [0.15, 0.2) is 24.3 Å². The number of hydrogen-bond donors (Lipinski definition) is 3. The number of ether oxygens (including phenoxy) is 2. The lowest BCUT2D eigenvalue weighted by molar-refractivity contribution is -0.139. The van der Waals surface area contributed by atoms with E-state index in [1.807, 2.05) is 0 Å². The van der Waals surface area contributed by atoms with Gasteiger partial charge in [-0.25, -0.2) is 14.4 Å². The van der Waals surface area contributed by atoms with Crippen molar-refractivity contribution in [1.82, 2.24) is 0 Å². The van der Waals surface area contributed by atoms with E-state index in [9.17, 15) is 19.5 Å². The average Bonchev–Trinajstić information content (AvgIpc) is 2.90. The molecule has 10 heteroatoms. The summed E-state index contributed by atoms with van der Waals surface area (Å²) in [6, 6.07) is 6.48. The standard InChI is InChI=1S/C15H12ClNO7S/c1-23-15(22)17-8-4-2-3-7(5-8)12-10(16)11(24-6-9(18)19)13(25-12)14(20)21/h2-5H,6H2,1H3,(H,17,22)(H,18,19)(H,20,21). The Morgan fingerprint density at radius 2 is 2.00 bits per heavy atom. The molecule has 0 bridgehead atoms. The molecule has 0 fully saturated rings. The van der Waals surface area contributed by atoms with Gasteiger partial charge in [-0.15, -0.1) is 11.3 Å². The first-order valence-electron chi connectivity index (χ1n) is 6.69. The maximum atomic E-state index is 11.4. The minimum atomic E-state index is -1.29. The fraction of sp³-hybridized carbons (Fsp3) is 0.133. The summed E-state index contributed by atoms with van der Waals surface area (Å²) in [6.45, 7) is -0.722. The van der Waals surface area contributed by atoms with Crippen LogP contribution >= 0.6 is 22.9 Å². The van der Waals surface area contributed by atoms with Crippen molar-refractivity contribution < 1.29 is 34.1 Å². The van der Waals surface area contributed by atoms with Crippen LogP contribution in [0.5, 0.6) is 5.75 Å². The van der Waals surface area contributed by atoms with Gasteiger partial charge in [0, 0.05) is 5.69 Å². The molecule has 0 atom stereocenters. The molecule has 1 aromatic carbocycles. The molecule has 0 unspecified atom stereocenters. The van der Waals surface area contributed by atoms with Gasteiger partial charge in [-0.1, -0.05) is 23.7 Å². The van der Waals surface area contributed by atoms with Gasteiger partial charge in [-0.05, 0) is 17.7 Å². The maximum Gasteiger partial charge on any atom is 0.411 e. The number of anilines is 1. The minimum Gasteiger partial charge on any atom is -0.479 e. The summed E-state index contributed by atoms with van der Waals surface area (Å²) in [5.74, 6) is -2.75. The monoisotopic (exact) mass is 385 g/mol. The number of benzene rings is 1. The van der Waals surface area contributed by atoms with Crippen molar-refractivity contribution in [3.63, 3.8) is 0 Å². The molecule has 132 valence electrons. The highest BCUT2D eigenvalue weighted by Crippen LogP contribution is 2.45. The van der Waals surface area contributed by atoms with Gasteiger partial charge in [-0.3, -0.25) is 5.32 Å². The second kappa shape index (κ2) is 7.86. The van der Waals surface area contributed by atoms with Crippen LogP contribution in [-0.2, 0) is 9.53 Å². The number of nitrogens with one attached hydrogen (secondary N) is 1. The summed E-state index contributed by atoms with van der Waals surface area (Å²) in [5.41, 5.74) is 0.940. The molecular weight excluding hydrogens is 374 g/mol. The van der Waals surface area contributed by atoms with Crippen LogP contribution in [0, 0.1) is 0 Å². The van der Waals surface area contributed by atoms with Gasteiger partial charge >= 0.3 is 18.0 Å². The average molecular weight is 386 g/mol. The summed E-state index contributed by atoms with van der Waals surface area (Å²) in [5, 5.41) is 20.4. The normalized spacial score (nSPS) is 10.2. The Hall–Kier alpha value is -2.78. The first kappa shape index (κ1) is 18.6. The molecule has 0 aliphatic rings. The lowest BCUT2D eigenvalue weighted by Crippen LogP contribution is -2.11. The first-order chi connectivity index (χ1) is 11.8. The van der Waals surface area contributed by atoms with Crippen LogP contribution in [0.1, 0.15) is 9.67 Å². The van der Waals surface area contributed by atoms with E-state index in [-0.39, 0.29) is 15.6 Å². The molecule has 0 radical (unpaired) electrons. The zero-order valence-corrected chi connectivity index (χ0v) is 14.3. The van der Waals surface area contributed by atoms with Crippen molar-refractivity contribution in [2.24, 2.45) is 0 Å². The zero-order chi connectivity index (χ0) is 18.6. The van der Waals surface area contributed by atoms with Gasteiger partial charge in [0.1, 0.15) is 5.02 Å². The third-order valence-electron chi connectivity index (χ3n) is 2.90. The molecule has 0 aliphatic carbocycles. The number of thiophene rings is 1. The first-order valence-corrected chi connectivity index (χ1v) is 7.88. The van der Waals surface area contributed by atoms with Crippen LogP contribution in [0.4, 0.5) is 10.5 Å². The van der Waals surface area contributed by atoms with Crippen molar-refractivity contribution in [3.8, 4) is 16.2 Å². The van der Waals surface area contributed by atoms with Gasteiger partial charge in [0.15, 0.2) is 17.2 Å². The molecule has 0 aliphatic heterocycles. The van der Waals surface area contributed by atoms with Crippen molar-refractivity contribution in [2.75, 3.05) is 19.0 Å². The van der Waals surface area contributed by atoms with Gasteiger partial charge < -0.3 is 19.7 Å². The van der Waals surface area contributed by atoms with Crippen LogP contribution in [0.3, 0.4) is 0 Å². The van der Waals surface area contributed by atoms with E-state index in [1.54, 1.807) is 24.3 Å². The Labute approximate surface area is 150 Å². The predicted molar refractivity (Wildman–Crippen MR) is 90.9 cm³/mol. The summed E-state index contributed by atoms with van der Waals surface area (Å²) >= 11 is 7.03.